The first-order valence-corrected chi connectivity index (χ1v) is 13.0. The second kappa shape index (κ2) is 11.5. The Morgan fingerprint density at radius 3 is 2.21 bits per heavy atom. The number of hydrogen-bond acceptors (Lipinski definition) is 6. The van der Waals surface area contributed by atoms with Gasteiger partial charge in [0.05, 0.1) is 18.8 Å². The number of anilines is 3. The fraction of sp³-hybridized carbons (Fsp3) is 0.345. The van der Waals surface area contributed by atoms with Crippen molar-refractivity contribution in [1.29, 1.82) is 0 Å². The fourth-order valence-electron chi connectivity index (χ4n) is 5.30. The first-order valence-electron chi connectivity index (χ1n) is 13.0. The predicted octanol–water partition coefficient (Wildman–Crippen LogP) is 4.62. The lowest BCUT2D eigenvalue weighted by molar-refractivity contribution is 0.0121. The summed E-state index contributed by atoms with van der Waals surface area (Å²) >= 11 is 0. The van der Waals surface area contributed by atoms with E-state index in [2.05, 4.69) is 27.2 Å². The van der Waals surface area contributed by atoms with Gasteiger partial charge in [-0.1, -0.05) is 6.07 Å². The number of nitrogens with zero attached hydrogens (tertiary/aromatic N) is 2. The number of ether oxygens (including phenoxy) is 2. The van der Waals surface area contributed by atoms with E-state index in [1.54, 1.807) is 0 Å². The van der Waals surface area contributed by atoms with Crippen LogP contribution < -0.4 is 31.1 Å². The number of urea groups is 1. The summed E-state index contributed by atoms with van der Waals surface area (Å²) in [6.45, 7) is 6.28. The fourth-order valence-corrected chi connectivity index (χ4v) is 5.30. The summed E-state index contributed by atoms with van der Waals surface area (Å²) in [5, 5.41) is 2.65. The van der Waals surface area contributed by atoms with E-state index >= 15 is 0 Å². The third kappa shape index (κ3) is 6.23. The summed E-state index contributed by atoms with van der Waals surface area (Å²) in [5.74, 6) is 4.81. The molecule has 4 N–H and O–H groups in total. The van der Waals surface area contributed by atoms with E-state index in [4.69, 9.17) is 15.3 Å². The van der Waals surface area contributed by atoms with Gasteiger partial charge in [0.1, 0.15) is 17.4 Å². The van der Waals surface area contributed by atoms with Crippen molar-refractivity contribution in [3.05, 3.63) is 83.9 Å². The minimum Gasteiger partial charge on any atom is -0.493 e. The maximum atomic E-state index is 14.3. The molecule has 39 heavy (non-hydrogen) atoms. The molecular formula is C29H33F2N5O3. The van der Waals surface area contributed by atoms with Crippen LogP contribution in [0.4, 0.5) is 30.6 Å². The first kappa shape index (κ1) is 26.7. The molecule has 2 amide bonds. The van der Waals surface area contributed by atoms with Gasteiger partial charge in [-0.25, -0.2) is 19.4 Å². The van der Waals surface area contributed by atoms with Crippen LogP contribution in [0, 0.1) is 17.6 Å². The molecule has 2 saturated heterocycles. The van der Waals surface area contributed by atoms with Crippen LogP contribution >= 0.6 is 0 Å². The molecule has 2 aliphatic heterocycles. The van der Waals surface area contributed by atoms with Crippen LogP contribution in [0.25, 0.3) is 0 Å². The van der Waals surface area contributed by atoms with Crippen molar-refractivity contribution in [1.82, 2.24) is 5.43 Å². The van der Waals surface area contributed by atoms with Gasteiger partial charge in [0.15, 0.2) is 0 Å². The quantitative estimate of drug-likeness (QED) is 0.232. The number of nitrogens with two attached hydrogens (primary N) is 1. The Bertz CT molecular complexity index is 1280. The van der Waals surface area contributed by atoms with Crippen molar-refractivity contribution in [3.8, 4) is 5.75 Å². The van der Waals surface area contributed by atoms with Gasteiger partial charge in [-0.15, -0.1) is 0 Å². The van der Waals surface area contributed by atoms with Gasteiger partial charge >= 0.3 is 6.03 Å². The van der Waals surface area contributed by atoms with E-state index in [0.29, 0.717) is 30.9 Å². The Morgan fingerprint density at radius 1 is 1.00 bits per heavy atom. The number of piperazine rings is 1. The highest BCUT2D eigenvalue weighted by atomic mass is 19.1. The SMILES string of the molecule is C[C@]1(c2ccc(F)cc2F)C[C@H](COc2ccc(N3CCN(c4ccc(NC(=O)NN)cc4)CC3)cc2)CO1. The number of hydrogen-bond donors (Lipinski definition) is 3. The highest BCUT2D eigenvalue weighted by Gasteiger charge is 2.40. The summed E-state index contributed by atoms with van der Waals surface area (Å²) in [6.07, 6.45) is 0.597. The van der Waals surface area contributed by atoms with E-state index < -0.39 is 23.3 Å². The van der Waals surface area contributed by atoms with Crippen LogP contribution in [0.2, 0.25) is 0 Å². The lowest BCUT2D eigenvalue weighted by Gasteiger charge is -2.37. The first-order chi connectivity index (χ1) is 18.8. The molecule has 0 aliphatic carbocycles. The predicted molar refractivity (Wildman–Crippen MR) is 147 cm³/mol. The lowest BCUT2D eigenvalue weighted by Crippen LogP contribution is -2.46. The lowest BCUT2D eigenvalue weighted by atomic mass is 9.89. The maximum Gasteiger partial charge on any atom is 0.333 e. The van der Waals surface area contributed by atoms with Crippen molar-refractivity contribution in [2.24, 2.45) is 11.8 Å². The van der Waals surface area contributed by atoms with Gasteiger partial charge in [0.25, 0.3) is 0 Å². The molecule has 0 bridgehead atoms. The molecule has 3 aromatic rings. The van der Waals surface area contributed by atoms with Crippen LogP contribution in [-0.2, 0) is 10.3 Å². The number of benzene rings is 3. The van der Waals surface area contributed by atoms with Crippen LogP contribution in [-0.4, -0.2) is 45.4 Å². The van der Waals surface area contributed by atoms with Crippen molar-refractivity contribution in [3.63, 3.8) is 0 Å². The highest BCUT2D eigenvalue weighted by molar-refractivity contribution is 5.88. The number of rotatable bonds is 7. The normalized spacial score (nSPS) is 21.1. The number of amides is 2. The molecule has 0 saturated carbocycles. The van der Waals surface area contributed by atoms with Crippen LogP contribution in [0.15, 0.2) is 66.7 Å². The molecule has 3 aromatic carbocycles. The summed E-state index contributed by atoms with van der Waals surface area (Å²) < 4.78 is 39.6. The minimum atomic E-state index is -0.794. The van der Waals surface area contributed by atoms with Gasteiger partial charge in [0.2, 0.25) is 0 Å². The summed E-state index contributed by atoms with van der Waals surface area (Å²) in [7, 11) is 0. The van der Waals surface area contributed by atoms with Gasteiger partial charge in [-0.05, 0) is 67.9 Å². The summed E-state index contributed by atoms with van der Waals surface area (Å²) in [4.78, 5) is 16.0. The number of nitrogens with one attached hydrogen (secondary N) is 2. The molecule has 8 nitrogen and oxygen atoms in total. The van der Waals surface area contributed by atoms with Gasteiger partial charge < -0.3 is 24.6 Å². The number of halogens is 2. The minimum absolute atomic E-state index is 0.106. The molecular weight excluding hydrogens is 504 g/mol. The Labute approximate surface area is 226 Å². The monoisotopic (exact) mass is 537 g/mol. The molecule has 2 atom stereocenters. The second-order valence-corrected chi connectivity index (χ2v) is 10.2. The molecule has 0 spiro atoms. The zero-order valence-electron chi connectivity index (χ0n) is 21.8. The Morgan fingerprint density at radius 2 is 1.62 bits per heavy atom. The van der Waals surface area contributed by atoms with Gasteiger partial charge in [0, 0.05) is 60.8 Å². The van der Waals surface area contributed by atoms with Crippen LogP contribution in [0.1, 0.15) is 18.9 Å². The number of carbonyl (C=O) groups is 1. The van der Waals surface area contributed by atoms with Gasteiger partial charge in [-0.3, -0.25) is 5.43 Å². The Kier molecular flexibility index (Phi) is 7.85. The molecule has 0 radical (unpaired) electrons. The van der Waals surface area contributed by atoms with Crippen LogP contribution in [0.5, 0.6) is 5.75 Å². The Balaban J connectivity index is 1.09. The largest absolute Gasteiger partial charge is 0.493 e. The van der Waals surface area contributed by atoms with E-state index in [1.165, 1.54) is 12.1 Å². The van der Waals surface area contributed by atoms with Crippen molar-refractivity contribution in [2.45, 2.75) is 18.9 Å². The van der Waals surface area contributed by atoms with Crippen LogP contribution in [0.3, 0.4) is 0 Å². The Hall–Kier alpha value is -3.89. The van der Waals surface area contributed by atoms with E-state index in [0.717, 1.165) is 49.4 Å². The standard InChI is InChI=1S/C29H33F2N5O3/c1-29(26-11-2-21(30)16-27(26)31)17-20(19-39-29)18-38-25-9-7-24(8-10-25)36-14-12-35(13-15-36)23-5-3-22(4-6-23)33-28(37)34-32/h2-11,16,20H,12-15,17-19,32H2,1H3,(H2,33,34,37)/t20-,29-/m1/s1. The van der Waals surface area contributed by atoms with E-state index in [-0.39, 0.29) is 5.92 Å². The van der Waals surface area contributed by atoms with Crippen molar-refractivity contribution in [2.75, 3.05) is 54.5 Å². The average molecular weight is 538 g/mol. The average Bonchev–Trinajstić information content (AvgIpc) is 3.34. The topological polar surface area (TPSA) is 92.1 Å². The third-order valence-corrected chi connectivity index (χ3v) is 7.41. The molecule has 2 fully saturated rings. The maximum absolute atomic E-state index is 14.3. The molecule has 206 valence electrons. The number of hydrazine groups is 1. The third-order valence-electron chi connectivity index (χ3n) is 7.41. The van der Waals surface area contributed by atoms with E-state index in [9.17, 15) is 13.6 Å². The van der Waals surface area contributed by atoms with Gasteiger partial charge in [-0.2, -0.15) is 0 Å². The number of carbonyl (C=O) groups excluding carboxylic acids is 1. The van der Waals surface area contributed by atoms with Crippen molar-refractivity contribution >= 4 is 23.1 Å². The molecule has 2 aliphatic rings. The smallest absolute Gasteiger partial charge is 0.333 e. The highest BCUT2D eigenvalue weighted by Crippen LogP contribution is 2.40. The summed E-state index contributed by atoms with van der Waals surface area (Å²) in [6, 6.07) is 18.9. The van der Waals surface area contributed by atoms with E-state index in [1.807, 2.05) is 48.7 Å². The second-order valence-electron chi connectivity index (χ2n) is 10.2. The zero-order valence-corrected chi connectivity index (χ0v) is 21.8. The molecule has 0 unspecified atom stereocenters. The molecule has 10 heteroatoms. The summed E-state index contributed by atoms with van der Waals surface area (Å²) in [5.41, 5.74) is 4.55. The molecule has 0 aromatic heterocycles. The zero-order chi connectivity index (χ0) is 27.4. The van der Waals surface area contributed by atoms with Crippen molar-refractivity contribution < 1.29 is 23.0 Å². The molecule has 5 rings (SSSR count). The molecule has 2 heterocycles.